The molecule has 0 radical (unpaired) electrons. The van der Waals surface area contributed by atoms with Gasteiger partial charge < -0.3 is 10.0 Å². The number of pyridine rings is 1. The molecule has 1 amide bonds. The van der Waals surface area contributed by atoms with E-state index in [1.807, 2.05) is 30.5 Å². The number of amides is 1. The van der Waals surface area contributed by atoms with Gasteiger partial charge in [-0.15, -0.1) is 0 Å². The highest BCUT2D eigenvalue weighted by Crippen LogP contribution is 2.15. The number of aliphatic hydroxyl groups excluding tert-OH is 1. The van der Waals surface area contributed by atoms with Crippen LogP contribution >= 0.6 is 0 Å². The monoisotopic (exact) mass is 256 g/mol. The van der Waals surface area contributed by atoms with Gasteiger partial charge in [-0.3, -0.25) is 9.78 Å². The largest absolute Gasteiger partial charge is 0.391 e. The first kappa shape index (κ1) is 12.1. The molecule has 19 heavy (non-hydrogen) atoms. The molecule has 1 N–H and O–H groups in total. The lowest BCUT2D eigenvalue weighted by Gasteiger charge is -2.15. The van der Waals surface area contributed by atoms with Crippen LogP contribution in [-0.4, -0.2) is 40.1 Å². The predicted octanol–water partition coefficient (Wildman–Crippen LogP) is 1.37. The summed E-state index contributed by atoms with van der Waals surface area (Å²) in [5.74, 6) is 0.0428. The molecule has 4 nitrogen and oxygen atoms in total. The van der Waals surface area contributed by atoms with Gasteiger partial charge in [-0.25, -0.2) is 0 Å². The van der Waals surface area contributed by atoms with E-state index in [2.05, 4.69) is 11.1 Å². The second-order valence-corrected chi connectivity index (χ2v) is 4.98. The third-order valence-electron chi connectivity index (χ3n) is 3.51. The van der Waals surface area contributed by atoms with E-state index in [1.54, 1.807) is 4.90 Å². The van der Waals surface area contributed by atoms with Gasteiger partial charge >= 0.3 is 0 Å². The van der Waals surface area contributed by atoms with E-state index in [-0.39, 0.29) is 12.3 Å². The minimum absolute atomic E-state index is 0.0428. The fraction of sp³-hybridized carbons (Fsp3) is 0.333. The first-order valence-electron chi connectivity index (χ1n) is 6.52. The quantitative estimate of drug-likeness (QED) is 0.902. The molecule has 0 bridgehead atoms. The molecule has 4 heteroatoms. The zero-order valence-electron chi connectivity index (χ0n) is 10.6. The van der Waals surface area contributed by atoms with E-state index in [9.17, 15) is 9.90 Å². The standard InChI is InChI=1S/C15H16N2O2/c18-13-8-15(19)17(10-13)6-5-11-7-12-3-1-2-4-14(12)16-9-11/h1-4,7,9,13,18H,5-6,8,10H2. The summed E-state index contributed by atoms with van der Waals surface area (Å²) in [6, 6.07) is 10.1. The highest BCUT2D eigenvalue weighted by atomic mass is 16.3. The van der Waals surface area contributed by atoms with Crippen LogP contribution in [0.4, 0.5) is 0 Å². The minimum atomic E-state index is -0.498. The van der Waals surface area contributed by atoms with E-state index >= 15 is 0 Å². The van der Waals surface area contributed by atoms with Crippen LogP contribution in [0, 0.1) is 0 Å². The minimum Gasteiger partial charge on any atom is -0.391 e. The molecule has 0 spiro atoms. The van der Waals surface area contributed by atoms with Crippen molar-refractivity contribution in [2.75, 3.05) is 13.1 Å². The molecular formula is C15H16N2O2. The highest BCUT2D eigenvalue weighted by Gasteiger charge is 2.27. The molecule has 1 aromatic carbocycles. The van der Waals surface area contributed by atoms with Gasteiger partial charge in [0.05, 0.1) is 18.0 Å². The molecule has 3 rings (SSSR count). The predicted molar refractivity (Wildman–Crippen MR) is 72.7 cm³/mol. The number of benzene rings is 1. The van der Waals surface area contributed by atoms with E-state index in [1.165, 1.54) is 0 Å². The van der Waals surface area contributed by atoms with Crippen LogP contribution in [0.25, 0.3) is 10.9 Å². The van der Waals surface area contributed by atoms with E-state index < -0.39 is 6.10 Å². The normalized spacial score (nSPS) is 19.3. The topological polar surface area (TPSA) is 53.4 Å². The number of rotatable bonds is 3. The van der Waals surface area contributed by atoms with Gasteiger partial charge in [0.2, 0.25) is 5.91 Å². The number of carbonyl (C=O) groups excluding carboxylic acids is 1. The Morgan fingerprint density at radius 2 is 2.21 bits per heavy atom. The van der Waals surface area contributed by atoms with Crippen LogP contribution in [0.5, 0.6) is 0 Å². The molecule has 98 valence electrons. The van der Waals surface area contributed by atoms with Crippen LogP contribution in [0.1, 0.15) is 12.0 Å². The van der Waals surface area contributed by atoms with Gasteiger partial charge in [0.15, 0.2) is 0 Å². The van der Waals surface area contributed by atoms with Crippen molar-refractivity contribution in [1.82, 2.24) is 9.88 Å². The zero-order valence-corrected chi connectivity index (χ0v) is 10.6. The Kier molecular flexibility index (Phi) is 3.17. The van der Waals surface area contributed by atoms with Gasteiger partial charge in [0.25, 0.3) is 0 Å². The molecule has 2 aromatic rings. The Morgan fingerprint density at radius 1 is 1.37 bits per heavy atom. The molecule has 0 aliphatic carbocycles. The summed E-state index contributed by atoms with van der Waals surface area (Å²) in [6.07, 6.45) is 2.40. The fourth-order valence-electron chi connectivity index (χ4n) is 2.48. The SMILES string of the molecule is O=C1CC(O)CN1CCc1cnc2ccccc2c1. The molecule has 2 heterocycles. The summed E-state index contributed by atoms with van der Waals surface area (Å²) in [5.41, 5.74) is 2.10. The van der Waals surface area contributed by atoms with Crippen molar-refractivity contribution in [2.24, 2.45) is 0 Å². The van der Waals surface area contributed by atoms with E-state index in [0.717, 1.165) is 22.9 Å². The van der Waals surface area contributed by atoms with E-state index in [4.69, 9.17) is 0 Å². The van der Waals surface area contributed by atoms with Crippen LogP contribution in [0.3, 0.4) is 0 Å². The molecule has 1 fully saturated rings. The molecule has 1 aromatic heterocycles. The Bertz CT molecular complexity index is 612. The van der Waals surface area contributed by atoms with Gasteiger partial charge in [-0.1, -0.05) is 18.2 Å². The second-order valence-electron chi connectivity index (χ2n) is 4.98. The van der Waals surface area contributed by atoms with Crippen LogP contribution in [-0.2, 0) is 11.2 Å². The van der Waals surface area contributed by atoms with Crippen molar-refractivity contribution in [3.63, 3.8) is 0 Å². The number of carbonyl (C=O) groups is 1. The second kappa shape index (κ2) is 4.97. The lowest BCUT2D eigenvalue weighted by Crippen LogP contribution is -2.28. The van der Waals surface area contributed by atoms with Gasteiger partial charge in [-0.05, 0) is 24.1 Å². The van der Waals surface area contributed by atoms with Crippen molar-refractivity contribution < 1.29 is 9.90 Å². The maximum absolute atomic E-state index is 11.6. The Hall–Kier alpha value is -1.94. The highest BCUT2D eigenvalue weighted by molar-refractivity contribution is 5.79. The third-order valence-corrected chi connectivity index (χ3v) is 3.51. The van der Waals surface area contributed by atoms with Crippen LogP contribution < -0.4 is 0 Å². The van der Waals surface area contributed by atoms with Crippen molar-refractivity contribution in [1.29, 1.82) is 0 Å². The maximum Gasteiger partial charge on any atom is 0.225 e. The molecule has 1 aliphatic heterocycles. The summed E-state index contributed by atoms with van der Waals surface area (Å²) in [7, 11) is 0. The van der Waals surface area contributed by atoms with Crippen molar-refractivity contribution in [2.45, 2.75) is 18.9 Å². The molecule has 1 unspecified atom stereocenters. The first-order valence-corrected chi connectivity index (χ1v) is 6.52. The number of hydrogen-bond acceptors (Lipinski definition) is 3. The fourth-order valence-corrected chi connectivity index (χ4v) is 2.48. The van der Waals surface area contributed by atoms with Crippen molar-refractivity contribution in [3.8, 4) is 0 Å². The number of β-amino-alcohol motifs (C(OH)–C–C–N with tert-alkyl or cyclic N) is 1. The van der Waals surface area contributed by atoms with Gasteiger partial charge in [0, 0.05) is 24.7 Å². The summed E-state index contributed by atoms with van der Waals surface area (Å²) < 4.78 is 0. The smallest absolute Gasteiger partial charge is 0.225 e. The first-order chi connectivity index (χ1) is 9.22. The van der Waals surface area contributed by atoms with Crippen LogP contribution in [0.2, 0.25) is 0 Å². The number of para-hydroxylation sites is 1. The van der Waals surface area contributed by atoms with Crippen molar-refractivity contribution in [3.05, 3.63) is 42.1 Å². The average Bonchev–Trinajstić information content (AvgIpc) is 2.74. The number of aliphatic hydroxyl groups is 1. The van der Waals surface area contributed by atoms with Gasteiger partial charge in [0.1, 0.15) is 0 Å². The summed E-state index contributed by atoms with van der Waals surface area (Å²) in [5, 5.41) is 10.6. The molecule has 1 saturated heterocycles. The maximum atomic E-state index is 11.6. The summed E-state index contributed by atoms with van der Waals surface area (Å²) >= 11 is 0. The average molecular weight is 256 g/mol. The summed E-state index contributed by atoms with van der Waals surface area (Å²) in [4.78, 5) is 17.7. The Labute approximate surface area is 111 Å². The molecular weight excluding hydrogens is 240 g/mol. The third kappa shape index (κ3) is 2.58. The van der Waals surface area contributed by atoms with Gasteiger partial charge in [-0.2, -0.15) is 0 Å². The molecule has 1 atom stereocenters. The number of fused-ring (bicyclic) bond motifs is 1. The molecule has 1 aliphatic rings. The summed E-state index contributed by atoms with van der Waals surface area (Å²) in [6.45, 7) is 1.11. The van der Waals surface area contributed by atoms with Crippen LogP contribution in [0.15, 0.2) is 36.5 Å². The lowest BCUT2D eigenvalue weighted by atomic mass is 10.1. The number of nitrogens with zero attached hydrogens (tertiary/aromatic N) is 2. The number of hydrogen-bond donors (Lipinski definition) is 1. The Morgan fingerprint density at radius 3 is 3.00 bits per heavy atom. The molecule has 0 saturated carbocycles. The zero-order chi connectivity index (χ0) is 13.2. The van der Waals surface area contributed by atoms with Crippen molar-refractivity contribution >= 4 is 16.8 Å². The Balaban J connectivity index is 1.70. The number of likely N-dealkylation sites (tertiary alicyclic amines) is 1. The van der Waals surface area contributed by atoms with E-state index in [0.29, 0.717) is 13.1 Å². The number of aromatic nitrogens is 1. The lowest BCUT2D eigenvalue weighted by molar-refractivity contribution is -0.127.